The Morgan fingerprint density at radius 2 is 1.64 bits per heavy atom. The van der Waals surface area contributed by atoms with E-state index >= 15 is 0 Å². The SMILES string of the molecule is Cc1ccc(-c2ccccc2)n1-c1ccc(C(=O)N/N=C/c2ccc(OCc3ccc(I)cc3)c(I)c2)cc1. The number of ether oxygens (including phenoxy) is 1. The van der Waals surface area contributed by atoms with Crippen LogP contribution in [0.4, 0.5) is 0 Å². The molecule has 1 heterocycles. The summed E-state index contributed by atoms with van der Waals surface area (Å²) in [6.45, 7) is 2.58. The molecule has 1 aromatic heterocycles. The van der Waals surface area contributed by atoms with Gasteiger partial charge in [-0.1, -0.05) is 42.5 Å². The van der Waals surface area contributed by atoms with Crippen LogP contribution in [-0.4, -0.2) is 16.7 Å². The Bertz CT molecular complexity index is 1610. The number of aromatic nitrogens is 1. The minimum atomic E-state index is -0.266. The number of hydrogen-bond acceptors (Lipinski definition) is 3. The van der Waals surface area contributed by atoms with Crippen LogP contribution in [0.25, 0.3) is 16.9 Å². The number of halogens is 2. The first kappa shape index (κ1) is 27.1. The van der Waals surface area contributed by atoms with E-state index in [1.165, 1.54) is 3.57 Å². The van der Waals surface area contributed by atoms with Crippen molar-refractivity contribution in [3.05, 3.63) is 139 Å². The normalized spacial score (nSPS) is 11.1. The summed E-state index contributed by atoms with van der Waals surface area (Å²) < 4.78 is 10.3. The fraction of sp³-hybridized carbons (Fsp3) is 0.0625. The van der Waals surface area contributed by atoms with E-state index in [9.17, 15) is 4.79 Å². The highest BCUT2D eigenvalue weighted by atomic mass is 127. The maximum absolute atomic E-state index is 12.7. The summed E-state index contributed by atoms with van der Waals surface area (Å²) in [7, 11) is 0. The van der Waals surface area contributed by atoms with Crippen molar-refractivity contribution >= 4 is 57.3 Å². The fourth-order valence-electron chi connectivity index (χ4n) is 4.16. The summed E-state index contributed by atoms with van der Waals surface area (Å²) >= 11 is 4.54. The number of nitrogens with zero attached hydrogens (tertiary/aromatic N) is 2. The van der Waals surface area contributed by atoms with Crippen LogP contribution in [0.1, 0.15) is 27.2 Å². The average Bonchev–Trinajstić information content (AvgIpc) is 3.35. The zero-order chi connectivity index (χ0) is 27.2. The van der Waals surface area contributed by atoms with E-state index in [1.807, 2.05) is 60.7 Å². The van der Waals surface area contributed by atoms with Gasteiger partial charge in [-0.25, -0.2) is 5.43 Å². The van der Waals surface area contributed by atoms with Crippen LogP contribution in [0.15, 0.2) is 114 Å². The Balaban J connectivity index is 1.20. The first-order valence-electron chi connectivity index (χ1n) is 12.3. The van der Waals surface area contributed by atoms with Gasteiger partial charge in [0, 0.05) is 20.5 Å². The predicted octanol–water partition coefficient (Wildman–Crippen LogP) is 8.00. The molecule has 0 atom stereocenters. The molecule has 5 nitrogen and oxygen atoms in total. The summed E-state index contributed by atoms with van der Waals surface area (Å²) in [5.41, 5.74) is 9.52. The van der Waals surface area contributed by atoms with Crippen LogP contribution < -0.4 is 10.2 Å². The molecular weight excluding hydrogens is 712 g/mol. The summed E-state index contributed by atoms with van der Waals surface area (Å²) in [6.07, 6.45) is 1.63. The van der Waals surface area contributed by atoms with Gasteiger partial charge >= 0.3 is 0 Å². The van der Waals surface area contributed by atoms with Crippen molar-refractivity contribution in [3.8, 4) is 22.7 Å². The highest BCUT2D eigenvalue weighted by Crippen LogP contribution is 2.27. The number of benzene rings is 4. The zero-order valence-corrected chi connectivity index (χ0v) is 25.5. The molecule has 0 aliphatic rings. The van der Waals surface area contributed by atoms with Crippen molar-refractivity contribution in [3.63, 3.8) is 0 Å². The molecule has 1 amide bonds. The lowest BCUT2D eigenvalue weighted by atomic mass is 10.1. The van der Waals surface area contributed by atoms with Gasteiger partial charge in [-0.15, -0.1) is 0 Å². The van der Waals surface area contributed by atoms with E-state index in [0.29, 0.717) is 12.2 Å². The third-order valence-corrected chi connectivity index (χ3v) is 7.74. The molecule has 1 N–H and O–H groups in total. The fourth-order valence-corrected chi connectivity index (χ4v) is 5.22. The molecule has 0 bridgehead atoms. The highest BCUT2D eigenvalue weighted by Gasteiger charge is 2.11. The number of rotatable bonds is 8. The Morgan fingerprint density at radius 1 is 0.897 bits per heavy atom. The monoisotopic (exact) mass is 737 g/mol. The molecule has 0 fully saturated rings. The maximum atomic E-state index is 12.7. The molecule has 0 unspecified atom stereocenters. The smallest absolute Gasteiger partial charge is 0.271 e. The Labute approximate surface area is 255 Å². The van der Waals surface area contributed by atoms with E-state index in [2.05, 4.69) is 116 Å². The van der Waals surface area contributed by atoms with Crippen molar-refractivity contribution in [1.82, 2.24) is 9.99 Å². The summed E-state index contributed by atoms with van der Waals surface area (Å²) in [5.74, 6) is 0.543. The minimum absolute atomic E-state index is 0.266. The number of hydrazone groups is 1. The highest BCUT2D eigenvalue weighted by molar-refractivity contribution is 14.1. The van der Waals surface area contributed by atoms with Crippen molar-refractivity contribution in [1.29, 1.82) is 0 Å². The van der Waals surface area contributed by atoms with E-state index in [-0.39, 0.29) is 5.91 Å². The van der Waals surface area contributed by atoms with Crippen molar-refractivity contribution in [2.45, 2.75) is 13.5 Å². The molecule has 7 heteroatoms. The molecule has 0 radical (unpaired) electrons. The molecule has 5 aromatic rings. The second-order valence-corrected chi connectivity index (χ2v) is 11.3. The van der Waals surface area contributed by atoms with Crippen LogP contribution in [0.5, 0.6) is 5.75 Å². The lowest BCUT2D eigenvalue weighted by molar-refractivity contribution is 0.0955. The number of nitrogens with one attached hydrogen (secondary N) is 1. The first-order chi connectivity index (χ1) is 19.0. The van der Waals surface area contributed by atoms with Gasteiger partial charge in [-0.2, -0.15) is 5.10 Å². The molecule has 39 heavy (non-hydrogen) atoms. The summed E-state index contributed by atoms with van der Waals surface area (Å²) in [5, 5.41) is 4.16. The van der Waals surface area contributed by atoms with Crippen LogP contribution in [0.2, 0.25) is 0 Å². The van der Waals surface area contributed by atoms with Gasteiger partial charge in [0.05, 0.1) is 15.5 Å². The van der Waals surface area contributed by atoms with Crippen LogP contribution >= 0.6 is 45.2 Å². The number of hydrogen-bond donors (Lipinski definition) is 1. The number of carbonyl (C=O) groups excluding carboxylic acids is 1. The average molecular weight is 737 g/mol. The van der Waals surface area contributed by atoms with E-state index in [0.717, 1.165) is 43.1 Å². The van der Waals surface area contributed by atoms with Crippen molar-refractivity contribution in [2.75, 3.05) is 0 Å². The summed E-state index contributed by atoms with van der Waals surface area (Å²) in [4.78, 5) is 12.7. The van der Waals surface area contributed by atoms with Gasteiger partial charge in [0.25, 0.3) is 5.91 Å². The van der Waals surface area contributed by atoms with Gasteiger partial charge in [0.2, 0.25) is 0 Å². The molecule has 4 aromatic carbocycles. The molecule has 194 valence electrons. The van der Waals surface area contributed by atoms with E-state index < -0.39 is 0 Å². The topological polar surface area (TPSA) is 55.6 Å². The number of amides is 1. The minimum Gasteiger partial charge on any atom is -0.488 e. The summed E-state index contributed by atoms with van der Waals surface area (Å²) in [6, 6.07) is 36.1. The van der Waals surface area contributed by atoms with E-state index in [1.54, 1.807) is 6.21 Å². The standard InChI is InChI=1S/C32H25I2N3O2/c1-22-7-17-30(25-5-3-2-4-6-25)37(22)28-15-11-26(12-16-28)32(38)36-35-20-24-10-18-31(29(34)19-24)39-21-23-8-13-27(33)14-9-23/h2-20H,21H2,1H3,(H,36,38)/b35-20+. The third kappa shape index (κ3) is 6.77. The molecule has 0 spiro atoms. The quantitative estimate of drug-likeness (QED) is 0.0998. The van der Waals surface area contributed by atoms with Crippen molar-refractivity contribution < 1.29 is 9.53 Å². The van der Waals surface area contributed by atoms with Gasteiger partial charge < -0.3 is 9.30 Å². The Hall–Kier alpha value is -3.44. The van der Waals surface area contributed by atoms with Gasteiger partial charge in [-0.05, 0) is 136 Å². The van der Waals surface area contributed by atoms with Gasteiger partial charge in [-0.3, -0.25) is 4.79 Å². The molecular formula is C32H25I2N3O2. The van der Waals surface area contributed by atoms with E-state index in [4.69, 9.17) is 4.74 Å². The Morgan fingerprint density at radius 3 is 2.36 bits per heavy atom. The second kappa shape index (κ2) is 12.6. The molecule has 0 saturated heterocycles. The number of carbonyl (C=O) groups is 1. The molecule has 0 aliphatic heterocycles. The molecule has 0 saturated carbocycles. The zero-order valence-electron chi connectivity index (χ0n) is 21.1. The first-order valence-corrected chi connectivity index (χ1v) is 14.5. The Kier molecular flexibility index (Phi) is 8.77. The van der Waals surface area contributed by atoms with Crippen LogP contribution in [-0.2, 0) is 6.61 Å². The predicted molar refractivity (Wildman–Crippen MR) is 174 cm³/mol. The molecule has 0 aliphatic carbocycles. The van der Waals surface area contributed by atoms with Crippen LogP contribution in [0, 0.1) is 14.1 Å². The van der Waals surface area contributed by atoms with Gasteiger partial charge in [0.15, 0.2) is 0 Å². The second-order valence-electron chi connectivity index (χ2n) is 8.91. The van der Waals surface area contributed by atoms with Gasteiger partial charge in [0.1, 0.15) is 12.4 Å². The lowest BCUT2D eigenvalue weighted by Gasteiger charge is -2.12. The maximum Gasteiger partial charge on any atom is 0.271 e. The van der Waals surface area contributed by atoms with Crippen LogP contribution in [0.3, 0.4) is 0 Å². The lowest BCUT2D eigenvalue weighted by Crippen LogP contribution is -2.17. The van der Waals surface area contributed by atoms with Crippen molar-refractivity contribution in [2.24, 2.45) is 5.10 Å². The third-order valence-electron chi connectivity index (χ3n) is 6.18. The largest absolute Gasteiger partial charge is 0.488 e. The molecule has 5 rings (SSSR count). The number of aryl methyl sites for hydroxylation is 1.